The summed E-state index contributed by atoms with van der Waals surface area (Å²) < 4.78 is 10.6. The summed E-state index contributed by atoms with van der Waals surface area (Å²) in [5.74, 6) is -2.14. The number of nitrogens with two attached hydrogens (primary N) is 1. The van der Waals surface area contributed by atoms with Crippen molar-refractivity contribution in [1.29, 1.82) is 0 Å². The number of carbonyl (C=O) groups excluding carboxylic acids is 2. The maximum absolute atomic E-state index is 11.9. The van der Waals surface area contributed by atoms with Crippen molar-refractivity contribution in [3.8, 4) is 0 Å². The van der Waals surface area contributed by atoms with Crippen LogP contribution >= 0.6 is 0 Å². The predicted molar refractivity (Wildman–Crippen MR) is 146 cm³/mol. The zero-order valence-electron chi connectivity index (χ0n) is 24.2. The van der Waals surface area contributed by atoms with Gasteiger partial charge in [0.15, 0.2) is 0 Å². The zero-order chi connectivity index (χ0) is 29.3. The fraction of sp³-hybridized carbons (Fsp3) is 0.793. The second-order valence-electron chi connectivity index (χ2n) is 11.6. The molecule has 9 heteroatoms. The van der Waals surface area contributed by atoms with Crippen LogP contribution in [0.1, 0.15) is 68.2 Å². The molecule has 1 rings (SSSR count). The van der Waals surface area contributed by atoms with Crippen LogP contribution in [0.15, 0.2) is 24.3 Å². The van der Waals surface area contributed by atoms with Gasteiger partial charge in [0.1, 0.15) is 12.2 Å². The van der Waals surface area contributed by atoms with Crippen molar-refractivity contribution in [3.63, 3.8) is 0 Å². The molecule has 1 amide bonds. The molecular formula is C29H51NO8. The average molecular weight is 542 g/mol. The quantitative estimate of drug-likeness (QED) is 0.166. The number of esters is 1. The van der Waals surface area contributed by atoms with Gasteiger partial charge in [0.05, 0.1) is 30.3 Å². The lowest BCUT2D eigenvalue weighted by atomic mass is 9.83. The van der Waals surface area contributed by atoms with Gasteiger partial charge in [-0.3, -0.25) is 4.79 Å². The lowest BCUT2D eigenvalue weighted by Crippen LogP contribution is -2.47. The van der Waals surface area contributed by atoms with Gasteiger partial charge in [0.25, 0.3) is 0 Å². The number of amides is 1. The van der Waals surface area contributed by atoms with E-state index >= 15 is 0 Å². The molecular weight excluding hydrogens is 490 g/mol. The average Bonchev–Trinajstić information content (AvgIpc) is 2.85. The molecule has 1 aliphatic rings. The van der Waals surface area contributed by atoms with Gasteiger partial charge in [-0.2, -0.15) is 0 Å². The van der Waals surface area contributed by atoms with E-state index in [4.69, 9.17) is 15.2 Å². The van der Waals surface area contributed by atoms with E-state index < -0.39 is 54.6 Å². The molecule has 0 aromatic carbocycles. The summed E-state index contributed by atoms with van der Waals surface area (Å²) in [6.45, 7) is 14.8. The number of hydrogen-bond acceptors (Lipinski definition) is 8. The normalized spacial score (nSPS) is 28.9. The van der Waals surface area contributed by atoms with Crippen LogP contribution in [-0.2, 0) is 14.3 Å². The van der Waals surface area contributed by atoms with Gasteiger partial charge in [0, 0.05) is 30.1 Å². The van der Waals surface area contributed by atoms with Crippen molar-refractivity contribution in [2.75, 3.05) is 0 Å². The van der Waals surface area contributed by atoms with Gasteiger partial charge in [0.2, 0.25) is 0 Å². The van der Waals surface area contributed by atoms with Crippen molar-refractivity contribution in [2.24, 2.45) is 47.2 Å². The Morgan fingerprint density at radius 1 is 1.00 bits per heavy atom. The van der Waals surface area contributed by atoms with Crippen LogP contribution in [-0.4, -0.2) is 69.1 Å². The number of hydrogen-bond donors (Lipinski definition) is 5. The number of rotatable bonds is 14. The van der Waals surface area contributed by atoms with Crippen LogP contribution in [0.25, 0.3) is 0 Å². The smallest absolute Gasteiger partial charge is 0.404 e. The van der Waals surface area contributed by atoms with Gasteiger partial charge in [-0.25, -0.2) is 4.79 Å². The second-order valence-corrected chi connectivity index (χ2v) is 11.6. The number of aliphatic hydroxyl groups is 4. The number of allylic oxidation sites excluding steroid dienone is 1. The number of aliphatic hydroxyl groups excluding tert-OH is 4. The Morgan fingerprint density at radius 2 is 1.58 bits per heavy atom. The Morgan fingerprint density at radius 3 is 2.13 bits per heavy atom. The third kappa shape index (κ3) is 9.98. The zero-order valence-corrected chi connectivity index (χ0v) is 24.2. The summed E-state index contributed by atoms with van der Waals surface area (Å²) in [7, 11) is 0. The van der Waals surface area contributed by atoms with Crippen molar-refractivity contribution in [2.45, 2.75) is 105 Å². The third-order valence-corrected chi connectivity index (χ3v) is 7.96. The molecule has 6 N–H and O–H groups in total. The Labute approximate surface area is 228 Å². The highest BCUT2D eigenvalue weighted by Crippen LogP contribution is 2.29. The molecule has 0 aliphatic carbocycles. The van der Waals surface area contributed by atoms with Gasteiger partial charge in [-0.1, -0.05) is 72.8 Å². The second kappa shape index (κ2) is 15.6. The number of carbonyl (C=O) groups is 2. The van der Waals surface area contributed by atoms with Gasteiger partial charge in [-0.15, -0.1) is 0 Å². The van der Waals surface area contributed by atoms with E-state index in [1.165, 1.54) is 0 Å². The SMILES string of the molecule is CC(C)[C@H](OC(N)=O)[C@@H](C)[C@H](O)[C@@H](C)C/C=C\[C@H](C)[C@H](O)[C@@H](C)/C=C\[C@@H](O)C[C@@H]1OC(=O)[C@H](C)[C@@H](O)[C@H]1C. The van der Waals surface area contributed by atoms with Crippen molar-refractivity contribution >= 4 is 12.1 Å². The topological polar surface area (TPSA) is 160 Å². The fourth-order valence-electron chi connectivity index (χ4n) is 5.11. The minimum atomic E-state index is -0.881. The summed E-state index contributed by atoms with van der Waals surface area (Å²) in [6.07, 6.45) is 2.93. The molecule has 0 aromatic rings. The molecule has 0 radical (unpaired) electrons. The number of primary amides is 1. The number of ether oxygens (including phenoxy) is 2. The number of cyclic esters (lactones) is 1. The molecule has 0 bridgehead atoms. The van der Waals surface area contributed by atoms with Crippen LogP contribution in [0.3, 0.4) is 0 Å². The monoisotopic (exact) mass is 541 g/mol. The van der Waals surface area contributed by atoms with Gasteiger partial charge >= 0.3 is 12.1 Å². The van der Waals surface area contributed by atoms with Crippen LogP contribution in [0.5, 0.6) is 0 Å². The first kappa shape index (κ1) is 34.1. The minimum Gasteiger partial charge on any atom is -0.462 e. The first-order valence-corrected chi connectivity index (χ1v) is 13.8. The van der Waals surface area contributed by atoms with Crippen molar-refractivity contribution in [1.82, 2.24) is 0 Å². The first-order valence-electron chi connectivity index (χ1n) is 13.8. The molecule has 0 saturated carbocycles. The van der Waals surface area contributed by atoms with E-state index in [0.717, 1.165) is 0 Å². The Bertz CT molecular complexity index is 799. The standard InChI is InChI=1S/C29H51NO8/c1-15(2)27(38-29(30)36)20(7)25(33)17(4)11-9-10-16(3)24(32)18(5)12-13-22(31)14-23-19(6)26(34)21(8)28(35)37-23/h9-10,12-13,15-27,31-34H,11,14H2,1-8H3,(H2,30,36)/b10-9-,13-12-/t16-,17-,18-,19-,20-,21+,22+,23-,24-,25+,26-,27-/m0/s1. The lowest BCUT2D eigenvalue weighted by molar-refractivity contribution is -0.179. The molecule has 0 aromatic heterocycles. The predicted octanol–water partition coefficient (Wildman–Crippen LogP) is 3.18. The highest BCUT2D eigenvalue weighted by molar-refractivity contribution is 5.73. The van der Waals surface area contributed by atoms with E-state index in [-0.39, 0.29) is 41.9 Å². The molecule has 0 spiro atoms. The molecule has 0 unspecified atom stereocenters. The van der Waals surface area contributed by atoms with E-state index in [1.54, 1.807) is 26.0 Å². The minimum absolute atomic E-state index is 0.00879. The Balaban J connectivity index is 2.60. The fourth-order valence-corrected chi connectivity index (χ4v) is 5.11. The molecule has 220 valence electrons. The molecule has 12 atom stereocenters. The van der Waals surface area contributed by atoms with Gasteiger partial charge < -0.3 is 35.6 Å². The summed E-state index contributed by atoms with van der Waals surface area (Å²) in [4.78, 5) is 23.1. The highest BCUT2D eigenvalue weighted by Gasteiger charge is 2.40. The van der Waals surface area contributed by atoms with Crippen LogP contribution < -0.4 is 5.73 Å². The van der Waals surface area contributed by atoms with E-state index in [9.17, 15) is 30.0 Å². The Kier molecular flexibility index (Phi) is 14.0. The molecule has 1 heterocycles. The summed E-state index contributed by atoms with van der Waals surface area (Å²) in [6, 6.07) is 0. The summed E-state index contributed by atoms with van der Waals surface area (Å²) in [5, 5.41) is 42.2. The maximum atomic E-state index is 11.9. The summed E-state index contributed by atoms with van der Waals surface area (Å²) in [5.41, 5.74) is 5.19. The molecule has 1 saturated heterocycles. The Hall–Kier alpha value is -1.94. The van der Waals surface area contributed by atoms with Crippen molar-refractivity contribution in [3.05, 3.63) is 24.3 Å². The van der Waals surface area contributed by atoms with Crippen LogP contribution in [0, 0.1) is 41.4 Å². The molecule has 38 heavy (non-hydrogen) atoms. The highest BCUT2D eigenvalue weighted by atomic mass is 16.6. The third-order valence-electron chi connectivity index (χ3n) is 7.96. The van der Waals surface area contributed by atoms with E-state index in [1.807, 2.05) is 53.7 Å². The molecule has 9 nitrogen and oxygen atoms in total. The largest absolute Gasteiger partial charge is 0.462 e. The van der Waals surface area contributed by atoms with Crippen LogP contribution in [0.2, 0.25) is 0 Å². The van der Waals surface area contributed by atoms with Gasteiger partial charge in [-0.05, 0) is 25.2 Å². The molecule has 1 fully saturated rings. The molecule has 1 aliphatic heterocycles. The first-order chi connectivity index (χ1) is 17.6. The van der Waals surface area contributed by atoms with Crippen LogP contribution in [0.4, 0.5) is 4.79 Å². The van der Waals surface area contributed by atoms with E-state index in [2.05, 4.69) is 0 Å². The lowest BCUT2D eigenvalue weighted by Gasteiger charge is -2.36. The summed E-state index contributed by atoms with van der Waals surface area (Å²) >= 11 is 0. The van der Waals surface area contributed by atoms with Crippen molar-refractivity contribution < 1.29 is 39.5 Å². The maximum Gasteiger partial charge on any atom is 0.404 e. The van der Waals surface area contributed by atoms with E-state index in [0.29, 0.717) is 6.42 Å².